The zero-order valence-electron chi connectivity index (χ0n) is 41.2. The summed E-state index contributed by atoms with van der Waals surface area (Å²) in [7, 11) is -3.15. The number of nitro groups is 1. The third-order valence-corrected chi connectivity index (χ3v) is 16.9. The van der Waals surface area contributed by atoms with E-state index in [2.05, 4.69) is 67.9 Å². The highest BCUT2D eigenvalue weighted by Gasteiger charge is 2.49. The summed E-state index contributed by atoms with van der Waals surface area (Å²) in [6.07, 6.45) is 9.09. The summed E-state index contributed by atoms with van der Waals surface area (Å²) in [4.78, 5) is 37.6. The first kappa shape index (κ1) is 50.1. The van der Waals surface area contributed by atoms with E-state index in [0.717, 1.165) is 69.8 Å². The van der Waals surface area contributed by atoms with E-state index in [1.807, 2.05) is 0 Å². The standard InChI is InChI=1S/C53H66FN7O9S/c1-33(2)38-9-6-7-10-39(38)40-11-8-12-45(40)60-31-53(32-60)21-23-59(24-22-53)36-13-15-41(47(25-36)70-48-27-42-43(54)29-56-49(42)57-51(48)69-30-34(3)68-5)50(62)58-71(66,67)37-14-16-44(46(26-37)61(64)65)55-28-35-17-19-52(4,63)20-18-35/h6-7,9-10,13-16,25-27,29,33-35,40,45,55,63H,8,11-12,17-24,28,30-32H2,1-5H3,(H,56,57)(H,58,62)/t34-,35?,40-,45?,52?/m1/s1. The van der Waals surface area contributed by atoms with Crippen molar-refractivity contribution in [1.29, 1.82) is 0 Å². The molecule has 2 aliphatic heterocycles. The zero-order valence-corrected chi connectivity index (χ0v) is 42.0. The van der Waals surface area contributed by atoms with E-state index >= 15 is 4.39 Å². The Balaban J connectivity index is 0.951. The maximum Gasteiger partial charge on any atom is 0.293 e. The summed E-state index contributed by atoms with van der Waals surface area (Å²) in [6, 6.07) is 19.2. The predicted molar refractivity (Wildman–Crippen MR) is 270 cm³/mol. The highest BCUT2D eigenvalue weighted by molar-refractivity contribution is 7.90. The van der Waals surface area contributed by atoms with Crippen LogP contribution in [0.2, 0.25) is 0 Å². The van der Waals surface area contributed by atoms with Crippen molar-refractivity contribution in [2.75, 3.05) is 56.7 Å². The fourth-order valence-corrected chi connectivity index (χ4v) is 12.2. The molecular formula is C53H66FN7O9S. The van der Waals surface area contributed by atoms with E-state index in [1.54, 1.807) is 26.0 Å². The van der Waals surface area contributed by atoms with Gasteiger partial charge in [-0.25, -0.2) is 17.5 Å². The van der Waals surface area contributed by atoms with Gasteiger partial charge in [0.1, 0.15) is 29.5 Å². The van der Waals surface area contributed by atoms with Gasteiger partial charge >= 0.3 is 0 Å². The summed E-state index contributed by atoms with van der Waals surface area (Å²) < 4.78 is 62.9. The van der Waals surface area contributed by atoms with Gasteiger partial charge in [-0.3, -0.25) is 19.8 Å². The van der Waals surface area contributed by atoms with Crippen LogP contribution in [0.25, 0.3) is 11.0 Å². The Morgan fingerprint density at radius 2 is 1.75 bits per heavy atom. The monoisotopic (exact) mass is 995 g/mol. The average Bonchev–Trinajstić information content (AvgIpc) is 3.97. The molecule has 2 saturated carbocycles. The number of benzene rings is 3. The molecule has 1 spiro atoms. The molecule has 9 rings (SSSR count). The van der Waals surface area contributed by atoms with Gasteiger partial charge in [0.05, 0.1) is 32.5 Å². The van der Waals surface area contributed by atoms with Crippen molar-refractivity contribution in [1.82, 2.24) is 19.6 Å². The van der Waals surface area contributed by atoms with Gasteiger partial charge < -0.3 is 34.5 Å². The van der Waals surface area contributed by atoms with Gasteiger partial charge in [0, 0.05) is 76.0 Å². The number of H-pyrrole nitrogens is 1. The number of fused-ring (bicyclic) bond motifs is 1. The maximum absolute atomic E-state index is 15.1. The minimum atomic E-state index is -4.69. The van der Waals surface area contributed by atoms with Crippen LogP contribution in [0.5, 0.6) is 17.4 Å². The fraction of sp³-hybridized carbons (Fsp3) is 0.509. The lowest BCUT2D eigenvalue weighted by molar-refractivity contribution is -0.384. The molecule has 1 amide bonds. The number of aliphatic hydroxyl groups is 1. The van der Waals surface area contributed by atoms with E-state index in [4.69, 9.17) is 14.2 Å². The van der Waals surface area contributed by atoms with Crippen molar-refractivity contribution in [3.8, 4) is 17.4 Å². The average molecular weight is 996 g/mol. The number of carbonyl (C=O) groups excluding carboxylic acids is 1. The number of ether oxygens (including phenoxy) is 3. The zero-order chi connectivity index (χ0) is 50.2. The molecule has 3 aromatic carbocycles. The molecule has 2 aliphatic carbocycles. The van der Waals surface area contributed by atoms with Gasteiger partial charge in [0.25, 0.3) is 27.5 Å². The molecule has 2 aromatic heterocycles. The third-order valence-electron chi connectivity index (χ3n) is 15.5. The van der Waals surface area contributed by atoms with E-state index < -0.39 is 42.9 Å². The van der Waals surface area contributed by atoms with Crippen molar-refractivity contribution in [2.45, 2.75) is 120 Å². The van der Waals surface area contributed by atoms with Crippen molar-refractivity contribution in [3.63, 3.8) is 0 Å². The molecule has 4 N–H and O–H groups in total. The Bertz CT molecular complexity index is 2870. The Labute approximate surface area is 414 Å². The Hall–Kier alpha value is -5.82. The van der Waals surface area contributed by atoms with Crippen LogP contribution in [0, 0.1) is 27.3 Å². The number of amides is 1. The number of nitrogens with zero attached hydrogens (tertiary/aromatic N) is 4. The number of nitrogens with one attached hydrogen (secondary N) is 3. The number of hydrogen-bond donors (Lipinski definition) is 4. The van der Waals surface area contributed by atoms with Crippen LogP contribution in [0.1, 0.15) is 119 Å². The number of anilines is 2. The minimum absolute atomic E-state index is 0.0179. The number of halogens is 1. The quantitative estimate of drug-likeness (QED) is 0.0507. The SMILES string of the molecule is CO[C@H](C)COc1nc2[nH]cc(F)c2cc1Oc1cc(N2CCC3(CC2)CN(C2CCC[C@@H]2c2ccccc2C(C)C)C3)ccc1C(=O)NS(=O)(=O)c1ccc(NCC2CCC(C)(O)CC2)c([N+](=O)[O-])c1. The number of pyridine rings is 1. The van der Waals surface area contributed by atoms with Crippen molar-refractivity contribution < 1.29 is 41.8 Å². The van der Waals surface area contributed by atoms with Crippen molar-refractivity contribution in [3.05, 3.63) is 106 Å². The molecule has 380 valence electrons. The Kier molecular flexibility index (Phi) is 14.4. The van der Waals surface area contributed by atoms with Crippen LogP contribution in [0.15, 0.2) is 77.8 Å². The second-order valence-electron chi connectivity index (χ2n) is 20.9. The summed E-state index contributed by atoms with van der Waals surface area (Å²) in [6.45, 7) is 12.2. The number of aromatic amines is 1. The highest BCUT2D eigenvalue weighted by atomic mass is 32.2. The number of methoxy groups -OCH3 is 1. The van der Waals surface area contributed by atoms with Gasteiger partial charge in [0.15, 0.2) is 5.75 Å². The van der Waals surface area contributed by atoms with E-state index in [0.29, 0.717) is 37.3 Å². The first-order valence-corrected chi connectivity index (χ1v) is 26.4. The lowest BCUT2D eigenvalue weighted by Crippen LogP contribution is -2.63. The number of carbonyl (C=O) groups is 1. The largest absolute Gasteiger partial charge is 0.472 e. The molecule has 4 aliphatic rings. The van der Waals surface area contributed by atoms with Crippen LogP contribution in [-0.4, -0.2) is 103 Å². The van der Waals surface area contributed by atoms with Gasteiger partial charge in [-0.1, -0.05) is 44.5 Å². The summed E-state index contributed by atoms with van der Waals surface area (Å²) in [5.41, 5.74) is 2.84. The van der Waals surface area contributed by atoms with Crippen LogP contribution in [0.4, 0.5) is 21.5 Å². The van der Waals surface area contributed by atoms with Crippen LogP contribution < -0.4 is 24.4 Å². The van der Waals surface area contributed by atoms with E-state index in [-0.39, 0.29) is 63.7 Å². The lowest BCUT2D eigenvalue weighted by atomic mass is 9.70. The maximum atomic E-state index is 15.1. The van der Waals surface area contributed by atoms with Crippen LogP contribution >= 0.6 is 0 Å². The smallest absolute Gasteiger partial charge is 0.293 e. The Morgan fingerprint density at radius 3 is 2.46 bits per heavy atom. The summed E-state index contributed by atoms with van der Waals surface area (Å²) in [5.74, 6) is -0.564. The number of likely N-dealkylation sites (tertiary alicyclic amines) is 1. The molecular weight excluding hydrogens is 930 g/mol. The molecule has 5 aromatic rings. The second-order valence-corrected chi connectivity index (χ2v) is 22.6. The molecule has 0 bridgehead atoms. The minimum Gasteiger partial charge on any atom is -0.472 e. The van der Waals surface area contributed by atoms with Crippen molar-refractivity contribution in [2.24, 2.45) is 11.3 Å². The summed E-state index contributed by atoms with van der Waals surface area (Å²) >= 11 is 0. The number of hydrogen-bond acceptors (Lipinski definition) is 13. The molecule has 1 unspecified atom stereocenters. The molecule has 16 nitrogen and oxygen atoms in total. The van der Waals surface area contributed by atoms with Crippen LogP contribution in [0.3, 0.4) is 0 Å². The van der Waals surface area contributed by atoms with E-state index in [9.17, 15) is 28.4 Å². The molecule has 4 heterocycles. The topological polar surface area (TPSA) is 201 Å². The number of piperidine rings is 1. The van der Waals surface area contributed by atoms with Gasteiger partial charge in [0.2, 0.25) is 0 Å². The molecule has 2 saturated heterocycles. The third kappa shape index (κ3) is 10.9. The second kappa shape index (κ2) is 20.4. The van der Waals surface area contributed by atoms with Gasteiger partial charge in [-0.05, 0) is 124 Å². The normalized spacial score (nSPS) is 22.9. The van der Waals surface area contributed by atoms with Crippen molar-refractivity contribution >= 4 is 44.0 Å². The molecule has 18 heteroatoms. The lowest BCUT2D eigenvalue weighted by Gasteiger charge is -2.57. The fourth-order valence-electron chi connectivity index (χ4n) is 11.2. The van der Waals surface area contributed by atoms with Crippen LogP contribution in [-0.2, 0) is 14.8 Å². The Morgan fingerprint density at radius 1 is 1.00 bits per heavy atom. The predicted octanol–water partition coefficient (Wildman–Crippen LogP) is 9.65. The number of nitro benzene ring substituents is 1. The molecule has 4 fully saturated rings. The summed E-state index contributed by atoms with van der Waals surface area (Å²) in [5, 5.41) is 25.8. The van der Waals surface area contributed by atoms with Gasteiger partial charge in [-0.15, -0.1) is 0 Å². The number of aromatic nitrogens is 2. The first-order valence-electron chi connectivity index (χ1n) is 25.0. The van der Waals surface area contributed by atoms with Gasteiger partial charge in [-0.2, -0.15) is 4.98 Å². The molecule has 0 radical (unpaired) electrons. The number of rotatable bonds is 17. The highest BCUT2D eigenvalue weighted by Crippen LogP contribution is 2.49. The number of sulfonamides is 1. The first-order chi connectivity index (χ1) is 33.9. The molecule has 71 heavy (non-hydrogen) atoms. The molecule has 3 atom stereocenters. The van der Waals surface area contributed by atoms with E-state index in [1.165, 1.54) is 61.8 Å².